The normalized spacial score (nSPS) is 16.0. The van der Waals surface area contributed by atoms with Crippen LogP contribution in [0.25, 0.3) is 0 Å². The first kappa shape index (κ1) is 18.2. The summed E-state index contributed by atoms with van der Waals surface area (Å²) >= 11 is 0. The van der Waals surface area contributed by atoms with Gasteiger partial charge < -0.3 is 16.0 Å². The fraction of sp³-hybridized carbons (Fsp3) is 0.474. The Morgan fingerprint density at radius 2 is 1.88 bits per heavy atom. The molecule has 0 radical (unpaired) electrons. The lowest BCUT2D eigenvalue weighted by Crippen LogP contribution is -2.44. The van der Waals surface area contributed by atoms with Gasteiger partial charge in [0.05, 0.1) is 6.04 Å². The van der Waals surface area contributed by atoms with Gasteiger partial charge in [0.2, 0.25) is 11.8 Å². The predicted octanol–water partition coefficient (Wildman–Crippen LogP) is 2.11. The molecule has 5 heteroatoms. The molecule has 2 atom stereocenters. The molecule has 0 saturated heterocycles. The number of carbonyl (C=O) groups is 2. The maximum absolute atomic E-state index is 12.4. The van der Waals surface area contributed by atoms with Gasteiger partial charge in [0, 0.05) is 25.2 Å². The van der Waals surface area contributed by atoms with E-state index in [1.807, 2.05) is 30.9 Å². The van der Waals surface area contributed by atoms with Crippen LogP contribution < -0.4 is 11.1 Å². The van der Waals surface area contributed by atoms with E-state index in [-0.39, 0.29) is 17.9 Å². The lowest BCUT2D eigenvalue weighted by Gasteiger charge is -2.18. The minimum Gasteiger partial charge on any atom is -0.349 e. The first-order valence-corrected chi connectivity index (χ1v) is 8.65. The second-order valence-electron chi connectivity index (χ2n) is 6.24. The lowest BCUT2D eigenvalue weighted by atomic mass is 10.1. The monoisotopic (exact) mass is 329 g/mol. The number of hydrogen-bond donors (Lipinski definition) is 2. The van der Waals surface area contributed by atoms with Crippen molar-refractivity contribution in [2.45, 2.75) is 58.3 Å². The van der Waals surface area contributed by atoms with Crippen LogP contribution in [0, 0.1) is 0 Å². The second kappa shape index (κ2) is 8.64. The van der Waals surface area contributed by atoms with Gasteiger partial charge in [-0.05, 0) is 24.0 Å². The Labute approximate surface area is 143 Å². The summed E-state index contributed by atoms with van der Waals surface area (Å²) in [5.41, 5.74) is 8.15. The lowest BCUT2D eigenvalue weighted by molar-refractivity contribution is -0.126. The number of fused-ring (bicyclic) bond motifs is 1. The van der Waals surface area contributed by atoms with Crippen molar-refractivity contribution in [3.8, 4) is 0 Å². The van der Waals surface area contributed by atoms with Crippen molar-refractivity contribution in [2.24, 2.45) is 5.73 Å². The molecule has 2 amide bonds. The van der Waals surface area contributed by atoms with E-state index in [1.165, 1.54) is 11.1 Å². The summed E-state index contributed by atoms with van der Waals surface area (Å²) in [5.74, 6) is -0.192. The van der Waals surface area contributed by atoms with Crippen LogP contribution in [0.4, 0.5) is 0 Å². The Morgan fingerprint density at radius 1 is 1.25 bits per heavy atom. The Bertz CT molecular complexity index is 587. The van der Waals surface area contributed by atoms with Gasteiger partial charge in [0.15, 0.2) is 0 Å². The molecule has 2 rings (SSSR count). The number of hydrogen-bond acceptors (Lipinski definition) is 3. The fourth-order valence-electron chi connectivity index (χ4n) is 2.80. The standard InChI is InChI=1S/C19H27N3O2/c1-3-7-16(21-19(24)17(20)4-2)10-11-18(23)22-12-14-8-5-6-9-15(14)13-22/h5-6,8-11,16-17H,3-4,7,12-13,20H2,1-2H3,(H,21,24)/t16-,17-/m0/s1. The van der Waals surface area contributed by atoms with Gasteiger partial charge >= 0.3 is 0 Å². The van der Waals surface area contributed by atoms with Gasteiger partial charge in [0.1, 0.15) is 0 Å². The first-order chi connectivity index (χ1) is 11.5. The molecular formula is C19H27N3O2. The predicted molar refractivity (Wildman–Crippen MR) is 94.9 cm³/mol. The summed E-state index contributed by atoms with van der Waals surface area (Å²) in [6, 6.07) is 7.44. The summed E-state index contributed by atoms with van der Waals surface area (Å²) in [6.45, 7) is 5.21. The van der Waals surface area contributed by atoms with Gasteiger partial charge in [-0.25, -0.2) is 0 Å². The third kappa shape index (κ3) is 4.68. The van der Waals surface area contributed by atoms with Crippen LogP contribution in [0.15, 0.2) is 36.4 Å². The number of nitrogens with two attached hydrogens (primary N) is 1. The molecule has 5 nitrogen and oxygen atoms in total. The van der Waals surface area contributed by atoms with Crippen molar-refractivity contribution in [3.63, 3.8) is 0 Å². The Balaban J connectivity index is 1.94. The first-order valence-electron chi connectivity index (χ1n) is 8.65. The Morgan fingerprint density at radius 3 is 2.42 bits per heavy atom. The highest BCUT2D eigenvalue weighted by atomic mass is 16.2. The Hall–Kier alpha value is -2.14. The zero-order valence-corrected chi connectivity index (χ0v) is 14.5. The minimum atomic E-state index is -0.499. The molecule has 0 unspecified atom stereocenters. The molecule has 0 bridgehead atoms. The van der Waals surface area contributed by atoms with Crippen LogP contribution in [0.5, 0.6) is 0 Å². The van der Waals surface area contributed by atoms with Crippen molar-refractivity contribution < 1.29 is 9.59 Å². The summed E-state index contributed by atoms with van der Waals surface area (Å²) in [4.78, 5) is 26.2. The number of carbonyl (C=O) groups excluding carboxylic acids is 2. The maximum atomic E-state index is 12.4. The zero-order chi connectivity index (χ0) is 17.5. The minimum absolute atomic E-state index is 0.0265. The summed E-state index contributed by atoms with van der Waals surface area (Å²) in [6.07, 6.45) is 5.66. The van der Waals surface area contributed by atoms with Gasteiger partial charge in [-0.15, -0.1) is 0 Å². The quantitative estimate of drug-likeness (QED) is 0.752. The number of rotatable bonds is 7. The van der Waals surface area contributed by atoms with Gasteiger partial charge in [-0.1, -0.05) is 50.6 Å². The Kier molecular flexibility index (Phi) is 6.55. The molecule has 1 aromatic rings. The molecule has 1 aliphatic heterocycles. The van der Waals surface area contributed by atoms with E-state index in [4.69, 9.17) is 5.73 Å². The number of benzene rings is 1. The highest BCUT2D eigenvalue weighted by Gasteiger charge is 2.21. The van der Waals surface area contributed by atoms with Crippen LogP contribution in [0.1, 0.15) is 44.2 Å². The highest BCUT2D eigenvalue weighted by Crippen LogP contribution is 2.22. The molecule has 24 heavy (non-hydrogen) atoms. The third-order valence-corrected chi connectivity index (χ3v) is 4.33. The molecule has 0 aliphatic carbocycles. The largest absolute Gasteiger partial charge is 0.349 e. The maximum Gasteiger partial charge on any atom is 0.246 e. The van der Waals surface area contributed by atoms with Crippen LogP contribution in [0.2, 0.25) is 0 Å². The summed E-state index contributed by atoms with van der Waals surface area (Å²) in [7, 11) is 0. The van der Waals surface area contributed by atoms with Gasteiger partial charge in [-0.3, -0.25) is 9.59 Å². The van der Waals surface area contributed by atoms with E-state index < -0.39 is 6.04 Å². The second-order valence-corrected chi connectivity index (χ2v) is 6.24. The van der Waals surface area contributed by atoms with Crippen molar-refractivity contribution in [2.75, 3.05) is 0 Å². The molecule has 1 aliphatic rings. The van der Waals surface area contributed by atoms with Gasteiger partial charge in [0.25, 0.3) is 0 Å². The molecule has 0 spiro atoms. The average molecular weight is 329 g/mol. The van der Waals surface area contributed by atoms with Crippen LogP contribution in [0.3, 0.4) is 0 Å². The van der Waals surface area contributed by atoms with E-state index in [0.29, 0.717) is 19.5 Å². The van der Waals surface area contributed by atoms with Crippen LogP contribution >= 0.6 is 0 Å². The molecule has 1 heterocycles. The highest BCUT2D eigenvalue weighted by molar-refractivity contribution is 5.88. The number of nitrogens with zero attached hydrogens (tertiary/aromatic N) is 1. The third-order valence-electron chi connectivity index (χ3n) is 4.33. The molecule has 0 fully saturated rings. The SMILES string of the molecule is CCC[C@@H](C=CC(=O)N1Cc2ccccc2C1)NC(=O)[C@@H](N)CC. The van der Waals surface area contributed by atoms with E-state index in [1.54, 1.807) is 12.2 Å². The molecular weight excluding hydrogens is 302 g/mol. The summed E-state index contributed by atoms with van der Waals surface area (Å²) in [5, 5.41) is 2.91. The van der Waals surface area contributed by atoms with Crippen molar-refractivity contribution in [3.05, 3.63) is 47.5 Å². The molecule has 0 aromatic heterocycles. The van der Waals surface area contributed by atoms with E-state index in [9.17, 15) is 9.59 Å². The fourth-order valence-corrected chi connectivity index (χ4v) is 2.80. The van der Waals surface area contributed by atoms with Crippen molar-refractivity contribution >= 4 is 11.8 Å². The zero-order valence-electron chi connectivity index (χ0n) is 14.5. The molecule has 1 aromatic carbocycles. The van der Waals surface area contributed by atoms with E-state index in [0.717, 1.165) is 12.8 Å². The van der Waals surface area contributed by atoms with Crippen molar-refractivity contribution in [1.29, 1.82) is 0 Å². The van der Waals surface area contributed by atoms with Gasteiger partial charge in [-0.2, -0.15) is 0 Å². The topological polar surface area (TPSA) is 75.4 Å². The van der Waals surface area contributed by atoms with Crippen molar-refractivity contribution in [1.82, 2.24) is 10.2 Å². The average Bonchev–Trinajstić information content (AvgIpc) is 3.03. The smallest absolute Gasteiger partial charge is 0.246 e. The van der Waals surface area contributed by atoms with Crippen LogP contribution in [-0.2, 0) is 22.7 Å². The van der Waals surface area contributed by atoms with E-state index in [2.05, 4.69) is 17.4 Å². The van der Waals surface area contributed by atoms with Crippen LogP contribution in [-0.4, -0.2) is 28.8 Å². The summed E-state index contributed by atoms with van der Waals surface area (Å²) < 4.78 is 0. The number of nitrogens with one attached hydrogen (secondary N) is 1. The van der Waals surface area contributed by atoms with E-state index >= 15 is 0 Å². The molecule has 0 saturated carbocycles. The molecule has 130 valence electrons. The number of amides is 2. The molecule has 3 N–H and O–H groups in total.